The molecule has 1 aliphatic heterocycles. The molecule has 1 N–H and O–H groups in total. The normalized spacial score (nSPS) is 22.1. The third kappa shape index (κ3) is 3.71. The van der Waals surface area contributed by atoms with Crippen molar-refractivity contribution in [2.45, 2.75) is 31.3 Å². The molecule has 4 rings (SSSR count). The molecule has 1 fully saturated rings. The van der Waals surface area contributed by atoms with E-state index >= 15 is 0 Å². The summed E-state index contributed by atoms with van der Waals surface area (Å²) in [6, 6.07) is 11.8. The highest BCUT2D eigenvalue weighted by molar-refractivity contribution is 6.30. The van der Waals surface area contributed by atoms with Crippen molar-refractivity contribution < 1.29 is 4.79 Å². The van der Waals surface area contributed by atoms with Crippen molar-refractivity contribution >= 4 is 23.8 Å². The smallest absolute Gasteiger partial charge is 0.210 e. The zero-order valence-electron chi connectivity index (χ0n) is 15.4. The molecule has 28 heavy (non-hydrogen) atoms. The molecule has 0 bridgehead atoms. The van der Waals surface area contributed by atoms with Crippen LogP contribution in [0.1, 0.15) is 24.8 Å². The van der Waals surface area contributed by atoms with E-state index in [2.05, 4.69) is 33.5 Å². The predicted molar refractivity (Wildman–Crippen MR) is 108 cm³/mol. The fourth-order valence-corrected chi connectivity index (χ4v) is 3.89. The molecule has 1 saturated heterocycles. The van der Waals surface area contributed by atoms with Crippen LogP contribution < -0.4 is 5.32 Å². The third-order valence-electron chi connectivity index (χ3n) is 5.28. The van der Waals surface area contributed by atoms with E-state index in [9.17, 15) is 4.79 Å². The Balaban J connectivity index is 1.63. The first-order chi connectivity index (χ1) is 13.7. The molecule has 3 heterocycles. The Morgan fingerprint density at radius 1 is 1.18 bits per heavy atom. The summed E-state index contributed by atoms with van der Waals surface area (Å²) in [5.74, 6) is 0.892. The molecular formula is C20H21ClN6O. The van der Waals surface area contributed by atoms with Crippen LogP contribution in [-0.2, 0) is 4.79 Å². The fourth-order valence-electron chi connectivity index (χ4n) is 3.78. The van der Waals surface area contributed by atoms with Crippen LogP contribution in [0, 0.1) is 0 Å². The van der Waals surface area contributed by atoms with Gasteiger partial charge in [0.1, 0.15) is 5.82 Å². The molecule has 3 atom stereocenters. The van der Waals surface area contributed by atoms with Gasteiger partial charge in [-0.2, -0.15) is 15.0 Å². The first-order valence-corrected chi connectivity index (χ1v) is 9.58. The Hall–Kier alpha value is -2.93. The zero-order chi connectivity index (χ0) is 19.5. The van der Waals surface area contributed by atoms with Crippen LogP contribution in [0.5, 0.6) is 0 Å². The van der Waals surface area contributed by atoms with Gasteiger partial charge in [0.05, 0.1) is 23.1 Å². The number of hydrogen-bond acceptors (Lipinski definition) is 5. The number of amides is 1. The molecule has 1 amide bonds. The van der Waals surface area contributed by atoms with Crippen molar-refractivity contribution in [2.75, 3.05) is 11.9 Å². The average molecular weight is 397 g/mol. The SMILES string of the molecule is CC1C(Nc2ccc(Cl)cn2)CC(c2ccccc2-n2nccn2)CN1C=O. The number of benzene rings is 1. The van der Waals surface area contributed by atoms with Crippen LogP contribution in [0.15, 0.2) is 55.0 Å². The Morgan fingerprint density at radius 3 is 2.68 bits per heavy atom. The summed E-state index contributed by atoms with van der Waals surface area (Å²) < 4.78 is 0. The molecule has 2 aromatic heterocycles. The minimum absolute atomic E-state index is 0.0428. The molecule has 3 aromatic rings. The number of pyridine rings is 1. The van der Waals surface area contributed by atoms with Crippen LogP contribution in [0.4, 0.5) is 5.82 Å². The van der Waals surface area contributed by atoms with Gasteiger partial charge in [-0.25, -0.2) is 4.98 Å². The van der Waals surface area contributed by atoms with Crippen molar-refractivity contribution in [2.24, 2.45) is 0 Å². The van der Waals surface area contributed by atoms with E-state index in [4.69, 9.17) is 11.6 Å². The lowest BCUT2D eigenvalue weighted by Crippen LogP contribution is -2.51. The number of carbonyl (C=O) groups excluding carboxylic acids is 1. The summed E-state index contributed by atoms with van der Waals surface area (Å²) in [6.07, 6.45) is 6.72. The van der Waals surface area contributed by atoms with Crippen molar-refractivity contribution in [1.29, 1.82) is 0 Å². The number of nitrogens with zero attached hydrogens (tertiary/aromatic N) is 5. The molecule has 144 valence electrons. The number of hydrogen-bond donors (Lipinski definition) is 1. The minimum atomic E-state index is 0.0428. The van der Waals surface area contributed by atoms with Crippen LogP contribution in [-0.4, -0.2) is 49.9 Å². The van der Waals surface area contributed by atoms with Gasteiger partial charge in [-0.1, -0.05) is 29.8 Å². The first-order valence-electron chi connectivity index (χ1n) is 9.20. The summed E-state index contributed by atoms with van der Waals surface area (Å²) in [4.78, 5) is 19.5. The van der Waals surface area contributed by atoms with E-state index < -0.39 is 0 Å². The van der Waals surface area contributed by atoms with Crippen molar-refractivity contribution in [3.05, 3.63) is 65.6 Å². The lowest BCUT2D eigenvalue weighted by molar-refractivity contribution is -0.121. The average Bonchev–Trinajstić information content (AvgIpc) is 3.26. The lowest BCUT2D eigenvalue weighted by atomic mass is 9.84. The van der Waals surface area contributed by atoms with Crippen LogP contribution >= 0.6 is 11.6 Å². The zero-order valence-corrected chi connectivity index (χ0v) is 16.2. The molecule has 8 heteroatoms. The maximum atomic E-state index is 11.7. The van der Waals surface area contributed by atoms with Crippen molar-refractivity contribution in [3.63, 3.8) is 0 Å². The number of nitrogens with one attached hydrogen (secondary N) is 1. The highest BCUT2D eigenvalue weighted by atomic mass is 35.5. The number of aromatic nitrogens is 4. The van der Waals surface area contributed by atoms with E-state index in [0.29, 0.717) is 11.6 Å². The second kappa shape index (κ2) is 7.98. The number of anilines is 1. The second-order valence-corrected chi connectivity index (χ2v) is 7.40. The summed E-state index contributed by atoms with van der Waals surface area (Å²) in [5, 5.41) is 12.6. The predicted octanol–water partition coefficient (Wildman–Crippen LogP) is 3.13. The topological polar surface area (TPSA) is 75.9 Å². The van der Waals surface area contributed by atoms with E-state index in [-0.39, 0.29) is 18.0 Å². The number of carbonyl (C=O) groups is 1. The monoisotopic (exact) mass is 396 g/mol. The van der Waals surface area contributed by atoms with E-state index in [1.54, 1.807) is 29.5 Å². The van der Waals surface area contributed by atoms with Gasteiger partial charge >= 0.3 is 0 Å². The van der Waals surface area contributed by atoms with E-state index in [0.717, 1.165) is 29.9 Å². The van der Waals surface area contributed by atoms with Crippen LogP contribution in [0.25, 0.3) is 5.69 Å². The van der Waals surface area contributed by atoms with Gasteiger partial charge in [0.2, 0.25) is 6.41 Å². The molecule has 0 radical (unpaired) electrons. The van der Waals surface area contributed by atoms with Crippen LogP contribution in [0.3, 0.4) is 0 Å². The van der Waals surface area contributed by atoms with Gasteiger partial charge in [-0.15, -0.1) is 0 Å². The lowest BCUT2D eigenvalue weighted by Gasteiger charge is -2.42. The van der Waals surface area contributed by atoms with Gasteiger partial charge in [0.25, 0.3) is 0 Å². The molecule has 0 saturated carbocycles. The number of piperidine rings is 1. The fraction of sp³-hybridized carbons (Fsp3) is 0.300. The summed E-state index contributed by atoms with van der Waals surface area (Å²) in [7, 11) is 0. The molecular weight excluding hydrogens is 376 g/mol. The van der Waals surface area contributed by atoms with E-state index in [1.165, 1.54) is 0 Å². The van der Waals surface area contributed by atoms with E-state index in [1.807, 2.05) is 29.2 Å². The maximum absolute atomic E-state index is 11.7. The molecule has 7 nitrogen and oxygen atoms in total. The Labute approximate surface area is 168 Å². The van der Waals surface area contributed by atoms with Crippen molar-refractivity contribution in [1.82, 2.24) is 24.9 Å². The first kappa shape index (κ1) is 18.4. The Morgan fingerprint density at radius 2 is 1.96 bits per heavy atom. The maximum Gasteiger partial charge on any atom is 0.210 e. The summed E-state index contributed by atoms with van der Waals surface area (Å²) in [5.41, 5.74) is 2.05. The minimum Gasteiger partial charge on any atom is -0.365 e. The molecule has 0 aliphatic carbocycles. The molecule has 3 unspecified atom stereocenters. The Kier molecular flexibility index (Phi) is 5.25. The molecule has 1 aliphatic rings. The van der Waals surface area contributed by atoms with Gasteiger partial charge in [0, 0.05) is 30.7 Å². The van der Waals surface area contributed by atoms with Gasteiger partial charge in [0.15, 0.2) is 0 Å². The highest BCUT2D eigenvalue weighted by Crippen LogP contribution is 2.33. The third-order valence-corrected chi connectivity index (χ3v) is 5.51. The number of likely N-dealkylation sites (tertiary alicyclic amines) is 1. The summed E-state index contributed by atoms with van der Waals surface area (Å²) >= 11 is 5.94. The number of halogens is 1. The highest BCUT2D eigenvalue weighted by Gasteiger charge is 2.34. The number of rotatable bonds is 5. The van der Waals surface area contributed by atoms with Crippen molar-refractivity contribution in [3.8, 4) is 5.69 Å². The van der Waals surface area contributed by atoms with Gasteiger partial charge in [-0.05, 0) is 37.1 Å². The quantitative estimate of drug-likeness (QED) is 0.670. The molecule has 0 spiro atoms. The summed E-state index contributed by atoms with van der Waals surface area (Å²) in [6.45, 7) is 2.70. The number of para-hydroxylation sites is 1. The largest absolute Gasteiger partial charge is 0.365 e. The standard InChI is InChI=1S/C20H21ClN6O/c1-14-18(25-20-7-6-16(21)11-22-20)10-15(12-26(14)13-28)17-4-2-3-5-19(17)27-23-8-9-24-27/h2-9,11,13-15,18H,10,12H2,1H3,(H,22,25). The Bertz CT molecular complexity index is 930. The van der Waals surface area contributed by atoms with Gasteiger partial charge in [-0.3, -0.25) is 4.79 Å². The molecule has 1 aromatic carbocycles. The second-order valence-electron chi connectivity index (χ2n) is 6.97. The van der Waals surface area contributed by atoms with Gasteiger partial charge < -0.3 is 10.2 Å². The van der Waals surface area contributed by atoms with Crippen LogP contribution in [0.2, 0.25) is 5.02 Å².